The number of aliphatic hydroxyl groups excluding tert-OH is 2. The summed E-state index contributed by atoms with van der Waals surface area (Å²) in [6.45, 7) is 1.73. The molecule has 0 unspecified atom stereocenters. The molecule has 1 saturated heterocycles. The van der Waals surface area contributed by atoms with Crippen molar-refractivity contribution in [3.05, 3.63) is 0 Å². The number of rotatable bonds is 0. The first kappa shape index (κ1) is 7.94. The van der Waals surface area contributed by atoms with Gasteiger partial charge in [-0.25, -0.2) is 0 Å². The molecule has 1 fully saturated rings. The van der Waals surface area contributed by atoms with Gasteiger partial charge in [0.2, 0.25) is 0 Å². The molecule has 0 aromatic carbocycles. The van der Waals surface area contributed by atoms with E-state index >= 15 is 0 Å². The van der Waals surface area contributed by atoms with Gasteiger partial charge in [-0.2, -0.15) is 0 Å². The van der Waals surface area contributed by atoms with Crippen molar-refractivity contribution in [2.45, 2.75) is 37.9 Å². The smallest absolute Gasteiger partial charge is 0.160 e. The van der Waals surface area contributed by atoms with E-state index < -0.39 is 12.4 Å². The Morgan fingerprint density at radius 3 is 2.60 bits per heavy atom. The van der Waals surface area contributed by atoms with Gasteiger partial charge in [-0.1, -0.05) is 0 Å². The molecule has 1 rings (SSSR count). The van der Waals surface area contributed by atoms with E-state index in [0.717, 1.165) is 0 Å². The monoisotopic (exact) mass is 148 g/mol. The molecule has 0 radical (unpaired) electrons. The molecule has 5 N–H and O–H groups in total. The van der Waals surface area contributed by atoms with E-state index in [-0.39, 0.29) is 12.1 Å². The Labute approximate surface area is 59.6 Å². The van der Waals surface area contributed by atoms with Crippen molar-refractivity contribution in [2.24, 2.45) is 0 Å². The van der Waals surface area contributed by atoms with Gasteiger partial charge in [0.15, 0.2) is 6.29 Å². The van der Waals surface area contributed by atoms with E-state index in [9.17, 15) is 5.11 Å². The Bertz CT molecular complexity index is 108. The minimum Gasteiger partial charge on any atom is -0.384 e. The largest absolute Gasteiger partial charge is 0.384 e. The van der Waals surface area contributed by atoms with E-state index in [4.69, 9.17) is 9.84 Å². The molecule has 4 atom stereocenters. The molecule has 0 spiro atoms. The number of hydrogen-bond acceptors (Lipinski definition) is 3. The maximum Gasteiger partial charge on any atom is 0.160 e. The molecule has 1 heterocycles. The first-order valence-electron chi connectivity index (χ1n) is 3.46. The van der Waals surface area contributed by atoms with Crippen molar-refractivity contribution in [2.75, 3.05) is 0 Å². The Hall–Kier alpha value is -0.160. The van der Waals surface area contributed by atoms with Gasteiger partial charge in [-0.15, -0.1) is 0 Å². The molecule has 0 bridgehead atoms. The fraction of sp³-hybridized carbons (Fsp3) is 1.00. The molecule has 0 aliphatic carbocycles. The van der Waals surface area contributed by atoms with Crippen LogP contribution in [0.4, 0.5) is 0 Å². The highest BCUT2D eigenvalue weighted by Crippen LogP contribution is 2.15. The summed E-state index contributed by atoms with van der Waals surface area (Å²) in [5, 5.41) is 18.3. The summed E-state index contributed by atoms with van der Waals surface area (Å²) in [5.74, 6) is 0. The SMILES string of the molecule is C[C@@H]1O[C@@H](O)C[C@H]([NH3+])[C@H]1O. The molecule has 1 aliphatic rings. The summed E-state index contributed by atoms with van der Waals surface area (Å²) in [7, 11) is 0. The normalized spacial score (nSPS) is 49.2. The molecule has 60 valence electrons. The lowest BCUT2D eigenvalue weighted by atomic mass is 10.0. The molecule has 10 heavy (non-hydrogen) atoms. The van der Waals surface area contributed by atoms with E-state index in [1.54, 1.807) is 6.92 Å². The van der Waals surface area contributed by atoms with Crippen LogP contribution in [0.3, 0.4) is 0 Å². The second-order valence-corrected chi connectivity index (χ2v) is 2.78. The molecule has 0 aromatic heterocycles. The van der Waals surface area contributed by atoms with E-state index in [0.29, 0.717) is 6.42 Å². The topological polar surface area (TPSA) is 77.3 Å². The van der Waals surface area contributed by atoms with E-state index in [2.05, 4.69) is 5.73 Å². The van der Waals surface area contributed by atoms with Crippen LogP contribution in [0, 0.1) is 0 Å². The lowest BCUT2D eigenvalue weighted by Crippen LogP contribution is -2.71. The molecule has 0 amide bonds. The summed E-state index contributed by atoms with van der Waals surface area (Å²) in [4.78, 5) is 0. The maximum atomic E-state index is 9.27. The summed E-state index contributed by atoms with van der Waals surface area (Å²) in [5.41, 5.74) is 3.69. The predicted octanol–water partition coefficient (Wildman–Crippen LogP) is -1.91. The predicted molar refractivity (Wildman–Crippen MR) is 33.9 cm³/mol. The van der Waals surface area contributed by atoms with Crippen molar-refractivity contribution in [3.63, 3.8) is 0 Å². The van der Waals surface area contributed by atoms with Crippen LogP contribution < -0.4 is 5.73 Å². The highest BCUT2D eigenvalue weighted by atomic mass is 16.6. The summed E-state index contributed by atoms with van der Waals surface area (Å²) >= 11 is 0. The molecule has 1 aliphatic heterocycles. The van der Waals surface area contributed by atoms with Gasteiger partial charge in [-0.3, -0.25) is 0 Å². The van der Waals surface area contributed by atoms with Crippen LogP contribution in [0.25, 0.3) is 0 Å². The van der Waals surface area contributed by atoms with Crippen LogP contribution >= 0.6 is 0 Å². The Morgan fingerprint density at radius 1 is 1.50 bits per heavy atom. The lowest BCUT2D eigenvalue weighted by Gasteiger charge is -2.31. The standard InChI is InChI=1S/C6H13NO3/c1-3-6(9)4(7)2-5(8)10-3/h3-6,8-9H,2,7H2,1H3/p+1/t3-,4-,5+,6-/m0/s1. The highest BCUT2D eigenvalue weighted by molar-refractivity contribution is 4.77. The molecule has 4 heteroatoms. The Kier molecular flexibility index (Phi) is 2.25. The molecule has 0 saturated carbocycles. The second kappa shape index (κ2) is 2.84. The molecular formula is C6H14NO3+. The molecular weight excluding hydrogens is 134 g/mol. The van der Waals surface area contributed by atoms with E-state index in [1.165, 1.54) is 0 Å². The average Bonchev–Trinajstić information content (AvgIpc) is 1.82. The number of hydrogen-bond donors (Lipinski definition) is 3. The second-order valence-electron chi connectivity index (χ2n) is 2.78. The third-order valence-corrected chi connectivity index (χ3v) is 1.84. The number of aliphatic hydroxyl groups is 2. The van der Waals surface area contributed by atoms with Gasteiger partial charge >= 0.3 is 0 Å². The van der Waals surface area contributed by atoms with Crippen LogP contribution in [-0.2, 0) is 4.74 Å². The molecule has 0 aromatic rings. The first-order chi connectivity index (χ1) is 4.61. The van der Waals surface area contributed by atoms with Crippen LogP contribution in [0.5, 0.6) is 0 Å². The van der Waals surface area contributed by atoms with Crippen molar-refractivity contribution in [1.29, 1.82) is 0 Å². The van der Waals surface area contributed by atoms with Crippen LogP contribution in [0.1, 0.15) is 13.3 Å². The van der Waals surface area contributed by atoms with Gasteiger partial charge in [0, 0.05) is 0 Å². The van der Waals surface area contributed by atoms with Gasteiger partial charge in [0.05, 0.1) is 12.5 Å². The highest BCUT2D eigenvalue weighted by Gasteiger charge is 2.34. The van der Waals surface area contributed by atoms with Crippen molar-refractivity contribution in [1.82, 2.24) is 0 Å². The van der Waals surface area contributed by atoms with Crippen LogP contribution in [-0.4, -0.2) is 34.8 Å². The zero-order chi connectivity index (χ0) is 7.72. The van der Waals surface area contributed by atoms with Crippen LogP contribution in [0.2, 0.25) is 0 Å². The number of quaternary nitrogens is 1. The van der Waals surface area contributed by atoms with E-state index in [1.807, 2.05) is 0 Å². The minimum atomic E-state index is -0.749. The maximum absolute atomic E-state index is 9.27. The zero-order valence-corrected chi connectivity index (χ0v) is 6.03. The summed E-state index contributed by atoms with van der Waals surface area (Å²) in [6.07, 6.45) is -1.17. The third kappa shape index (κ3) is 1.46. The first-order valence-corrected chi connectivity index (χ1v) is 3.46. The Balaban J connectivity index is 2.49. The van der Waals surface area contributed by atoms with Gasteiger partial charge in [-0.05, 0) is 6.92 Å². The average molecular weight is 148 g/mol. The zero-order valence-electron chi connectivity index (χ0n) is 6.03. The Morgan fingerprint density at radius 2 is 2.10 bits per heavy atom. The van der Waals surface area contributed by atoms with Crippen molar-refractivity contribution in [3.8, 4) is 0 Å². The summed E-state index contributed by atoms with van der Waals surface area (Å²) in [6, 6.07) is -0.112. The quantitative estimate of drug-likeness (QED) is 0.375. The van der Waals surface area contributed by atoms with Crippen LogP contribution in [0.15, 0.2) is 0 Å². The fourth-order valence-corrected chi connectivity index (χ4v) is 1.17. The molecule has 4 nitrogen and oxygen atoms in total. The minimum absolute atomic E-state index is 0.112. The fourth-order valence-electron chi connectivity index (χ4n) is 1.17. The summed E-state index contributed by atoms with van der Waals surface area (Å²) < 4.78 is 4.93. The van der Waals surface area contributed by atoms with Gasteiger partial charge < -0.3 is 20.7 Å². The number of ether oxygens (including phenoxy) is 1. The van der Waals surface area contributed by atoms with Crippen molar-refractivity contribution >= 4 is 0 Å². The van der Waals surface area contributed by atoms with Gasteiger partial charge in [0.25, 0.3) is 0 Å². The lowest BCUT2D eigenvalue weighted by molar-refractivity contribution is -0.463. The third-order valence-electron chi connectivity index (χ3n) is 1.84. The van der Waals surface area contributed by atoms with Crippen molar-refractivity contribution < 1.29 is 20.7 Å². The van der Waals surface area contributed by atoms with Gasteiger partial charge in [0.1, 0.15) is 12.1 Å².